The quantitative estimate of drug-likeness (QED) is 0.458. The topological polar surface area (TPSA) is 6.25 Å². The minimum atomic E-state index is 0.496. The standard InChI is InChI=1S/C11H21N2/c1-10-7-11(9-12(2)3)5-4-6-13(11)8-10/h10H,2,4-9H2,1,3H3/q+1/t10-,11-/m0/s1. The summed E-state index contributed by atoms with van der Waals surface area (Å²) >= 11 is 0. The second-order valence-electron chi connectivity index (χ2n) is 5.10. The van der Waals surface area contributed by atoms with E-state index in [1.165, 1.54) is 32.4 Å². The molecule has 2 atom stereocenters. The average molecular weight is 181 g/mol. The average Bonchev–Trinajstić information content (AvgIpc) is 2.40. The van der Waals surface area contributed by atoms with Crippen LogP contribution in [-0.4, -0.2) is 48.4 Å². The summed E-state index contributed by atoms with van der Waals surface area (Å²) in [5.74, 6) is 0.889. The Balaban J connectivity index is 2.13. The molecule has 2 saturated heterocycles. The Bertz CT molecular complexity index is 224. The van der Waals surface area contributed by atoms with Crippen molar-refractivity contribution in [3.05, 3.63) is 0 Å². The third-order valence-electron chi connectivity index (χ3n) is 3.57. The smallest absolute Gasteiger partial charge is 0.160 e. The molecule has 2 rings (SSSR count). The van der Waals surface area contributed by atoms with Crippen LogP contribution in [-0.2, 0) is 0 Å². The fourth-order valence-corrected chi connectivity index (χ4v) is 3.35. The lowest BCUT2D eigenvalue weighted by Gasteiger charge is -2.28. The maximum Gasteiger partial charge on any atom is 0.160 e. The Kier molecular flexibility index (Phi) is 2.18. The largest absolute Gasteiger partial charge is 0.292 e. The number of rotatable bonds is 2. The molecule has 0 spiro atoms. The van der Waals surface area contributed by atoms with E-state index >= 15 is 0 Å². The van der Waals surface area contributed by atoms with Crippen LogP contribution < -0.4 is 0 Å². The van der Waals surface area contributed by atoms with Gasteiger partial charge in [0.2, 0.25) is 0 Å². The number of fused-ring (bicyclic) bond motifs is 1. The summed E-state index contributed by atoms with van der Waals surface area (Å²) in [6.07, 6.45) is 4.16. The maximum atomic E-state index is 3.99. The highest BCUT2D eigenvalue weighted by Gasteiger charge is 2.49. The van der Waals surface area contributed by atoms with Crippen molar-refractivity contribution >= 4 is 6.72 Å². The fourth-order valence-electron chi connectivity index (χ4n) is 3.35. The van der Waals surface area contributed by atoms with Crippen molar-refractivity contribution in [2.75, 3.05) is 26.7 Å². The van der Waals surface area contributed by atoms with Gasteiger partial charge in [0.05, 0.1) is 5.54 Å². The number of likely N-dealkylation sites (N-methyl/N-ethyl adjacent to an activating group) is 1. The van der Waals surface area contributed by atoms with Gasteiger partial charge in [0.25, 0.3) is 0 Å². The molecular weight excluding hydrogens is 160 g/mol. The third kappa shape index (κ3) is 1.52. The molecule has 2 heterocycles. The van der Waals surface area contributed by atoms with Crippen LogP contribution in [0.1, 0.15) is 26.2 Å². The van der Waals surface area contributed by atoms with Crippen LogP contribution in [0, 0.1) is 5.92 Å². The molecule has 74 valence electrons. The van der Waals surface area contributed by atoms with Crippen molar-refractivity contribution in [2.45, 2.75) is 31.7 Å². The van der Waals surface area contributed by atoms with Gasteiger partial charge in [0.1, 0.15) is 13.8 Å². The highest BCUT2D eigenvalue weighted by molar-refractivity contribution is 5.15. The van der Waals surface area contributed by atoms with Gasteiger partial charge in [-0.25, -0.2) is 4.58 Å². The molecule has 13 heavy (non-hydrogen) atoms. The van der Waals surface area contributed by atoms with Crippen molar-refractivity contribution < 1.29 is 4.58 Å². The van der Waals surface area contributed by atoms with Gasteiger partial charge in [-0.2, -0.15) is 0 Å². The Morgan fingerprint density at radius 3 is 3.08 bits per heavy atom. The van der Waals surface area contributed by atoms with E-state index in [2.05, 4.69) is 30.2 Å². The molecule has 0 saturated carbocycles. The molecule has 2 heteroatoms. The van der Waals surface area contributed by atoms with Crippen LogP contribution in [0.2, 0.25) is 0 Å². The van der Waals surface area contributed by atoms with E-state index < -0.39 is 0 Å². The first-order valence-electron chi connectivity index (χ1n) is 5.39. The Labute approximate surface area is 81.2 Å². The SMILES string of the molecule is C=[N+](C)C[C@@]12CCCN1C[C@@H](C)C2. The number of nitrogens with zero attached hydrogens (tertiary/aromatic N) is 2. The van der Waals surface area contributed by atoms with Gasteiger partial charge in [0.15, 0.2) is 6.54 Å². The first-order valence-corrected chi connectivity index (χ1v) is 5.39. The molecule has 0 bridgehead atoms. The van der Waals surface area contributed by atoms with Gasteiger partial charge in [-0.15, -0.1) is 0 Å². The van der Waals surface area contributed by atoms with Gasteiger partial charge < -0.3 is 0 Å². The van der Waals surface area contributed by atoms with Crippen molar-refractivity contribution in [1.82, 2.24) is 4.90 Å². The van der Waals surface area contributed by atoms with E-state index in [0.29, 0.717) is 5.54 Å². The lowest BCUT2D eigenvalue weighted by molar-refractivity contribution is -0.501. The zero-order chi connectivity index (χ0) is 9.47. The monoisotopic (exact) mass is 181 g/mol. The first kappa shape index (κ1) is 9.20. The van der Waals surface area contributed by atoms with Gasteiger partial charge >= 0.3 is 0 Å². The molecule has 0 amide bonds. The van der Waals surface area contributed by atoms with E-state index in [4.69, 9.17) is 0 Å². The molecule has 0 aromatic rings. The van der Waals surface area contributed by atoms with Gasteiger partial charge in [-0.05, 0) is 31.7 Å². The van der Waals surface area contributed by atoms with Crippen molar-refractivity contribution in [3.63, 3.8) is 0 Å². The minimum absolute atomic E-state index is 0.496. The molecule has 0 unspecified atom stereocenters. The van der Waals surface area contributed by atoms with E-state index in [-0.39, 0.29) is 0 Å². The zero-order valence-corrected chi connectivity index (χ0v) is 8.92. The predicted molar refractivity (Wildman–Crippen MR) is 55.5 cm³/mol. The highest BCUT2D eigenvalue weighted by atomic mass is 15.3. The molecule has 0 radical (unpaired) electrons. The van der Waals surface area contributed by atoms with E-state index in [9.17, 15) is 0 Å². The van der Waals surface area contributed by atoms with Crippen LogP contribution >= 0.6 is 0 Å². The second-order valence-corrected chi connectivity index (χ2v) is 5.10. The molecule has 2 fully saturated rings. The van der Waals surface area contributed by atoms with Crippen LogP contribution in [0.5, 0.6) is 0 Å². The van der Waals surface area contributed by atoms with Crippen LogP contribution in [0.4, 0.5) is 0 Å². The summed E-state index contributed by atoms with van der Waals surface area (Å²) in [6.45, 7) is 10.1. The van der Waals surface area contributed by atoms with E-state index in [1.54, 1.807) is 0 Å². The van der Waals surface area contributed by atoms with Gasteiger partial charge in [0, 0.05) is 6.54 Å². The Morgan fingerprint density at radius 1 is 1.62 bits per heavy atom. The maximum absolute atomic E-state index is 3.99. The van der Waals surface area contributed by atoms with Gasteiger partial charge in [-0.1, -0.05) is 6.92 Å². The van der Waals surface area contributed by atoms with E-state index in [0.717, 1.165) is 12.5 Å². The molecule has 0 N–H and O–H groups in total. The Morgan fingerprint density at radius 2 is 2.38 bits per heavy atom. The zero-order valence-electron chi connectivity index (χ0n) is 8.92. The summed E-state index contributed by atoms with van der Waals surface area (Å²) in [6, 6.07) is 0. The summed E-state index contributed by atoms with van der Waals surface area (Å²) in [5.41, 5.74) is 0.496. The summed E-state index contributed by atoms with van der Waals surface area (Å²) in [7, 11) is 2.09. The summed E-state index contributed by atoms with van der Waals surface area (Å²) in [5, 5.41) is 0. The molecule has 2 aliphatic heterocycles. The molecular formula is C11H21N2+. The van der Waals surface area contributed by atoms with E-state index in [1.807, 2.05) is 0 Å². The summed E-state index contributed by atoms with van der Waals surface area (Å²) < 4.78 is 2.11. The van der Waals surface area contributed by atoms with Gasteiger partial charge in [-0.3, -0.25) is 4.90 Å². The fraction of sp³-hybridized carbons (Fsp3) is 0.909. The predicted octanol–water partition coefficient (Wildman–Crippen LogP) is 1.20. The molecule has 2 nitrogen and oxygen atoms in total. The number of hydrogen-bond donors (Lipinski definition) is 0. The highest BCUT2D eigenvalue weighted by Crippen LogP contribution is 2.41. The van der Waals surface area contributed by atoms with Crippen molar-refractivity contribution in [2.24, 2.45) is 5.92 Å². The minimum Gasteiger partial charge on any atom is -0.292 e. The second kappa shape index (κ2) is 3.09. The van der Waals surface area contributed by atoms with Crippen molar-refractivity contribution in [3.8, 4) is 0 Å². The first-order chi connectivity index (χ1) is 6.12. The molecule has 0 aromatic carbocycles. The van der Waals surface area contributed by atoms with Crippen LogP contribution in [0.15, 0.2) is 0 Å². The Hall–Kier alpha value is -0.370. The summed E-state index contributed by atoms with van der Waals surface area (Å²) in [4.78, 5) is 2.69. The molecule has 0 aromatic heterocycles. The lowest BCUT2D eigenvalue weighted by atomic mass is 9.90. The molecule has 2 aliphatic rings. The van der Waals surface area contributed by atoms with Crippen LogP contribution in [0.3, 0.4) is 0 Å². The van der Waals surface area contributed by atoms with Crippen molar-refractivity contribution in [1.29, 1.82) is 0 Å². The number of hydrogen-bond acceptors (Lipinski definition) is 1. The van der Waals surface area contributed by atoms with Crippen LogP contribution in [0.25, 0.3) is 0 Å². The molecule has 0 aliphatic carbocycles. The lowest BCUT2D eigenvalue weighted by Crippen LogP contribution is -2.44. The third-order valence-corrected chi connectivity index (χ3v) is 3.57. The normalized spacial score (nSPS) is 39.4.